The Morgan fingerprint density at radius 3 is 1.79 bits per heavy atom. The van der Waals surface area contributed by atoms with Gasteiger partial charge in [0.05, 0.1) is 0 Å². The number of carbonyl (C=O) groups excluding carboxylic acids is 3. The Labute approximate surface area is 269 Å². The third kappa shape index (κ3) is 26.6. The van der Waals surface area contributed by atoms with Crippen molar-refractivity contribution in [3.8, 4) is 0 Å². The van der Waals surface area contributed by atoms with E-state index < -0.39 is 11.9 Å². The minimum atomic E-state index is -0.507. The topological polar surface area (TPSA) is 76.1 Å². The Morgan fingerprint density at radius 2 is 1.23 bits per heavy atom. The summed E-state index contributed by atoms with van der Waals surface area (Å²) in [5.41, 5.74) is 0.999. The van der Waals surface area contributed by atoms with Crippen LogP contribution in [-0.4, -0.2) is 79.2 Å². The summed E-state index contributed by atoms with van der Waals surface area (Å²) in [5.74, 6) is -0.375. The zero-order chi connectivity index (χ0) is 32.1. The molecule has 0 N–H and O–H groups in total. The van der Waals surface area contributed by atoms with E-state index in [1.165, 1.54) is 69.1 Å². The van der Waals surface area contributed by atoms with E-state index in [0.29, 0.717) is 5.75 Å². The van der Waals surface area contributed by atoms with E-state index in [2.05, 4.69) is 26.8 Å². The van der Waals surface area contributed by atoms with E-state index in [1.54, 1.807) is 0 Å². The average molecular weight is 627 g/mol. The predicted octanol–water partition coefficient (Wildman–Crippen LogP) is 9.19. The van der Waals surface area contributed by atoms with Crippen LogP contribution < -0.4 is 0 Å². The van der Waals surface area contributed by atoms with Crippen LogP contribution >= 0.6 is 11.8 Å². The summed E-state index contributed by atoms with van der Waals surface area (Å²) in [6.45, 7) is 9.00. The molecule has 0 heterocycles. The molecule has 0 saturated carbocycles. The van der Waals surface area contributed by atoms with Crippen LogP contribution in [0.2, 0.25) is 0 Å². The Balaban J connectivity index is 5.11. The smallest absolute Gasteiger partial charge is 0.326 e. The molecule has 0 aromatic carbocycles. The first kappa shape index (κ1) is 41.5. The largest absolute Gasteiger partial charge is 0.461 e. The van der Waals surface area contributed by atoms with Gasteiger partial charge in [0.15, 0.2) is 0 Å². The van der Waals surface area contributed by atoms with Crippen LogP contribution in [0.4, 0.5) is 4.79 Å². The van der Waals surface area contributed by atoms with Gasteiger partial charge in [-0.25, -0.2) is 0 Å². The molecule has 1 amide bonds. The fraction of sp³-hybridized carbons (Fsp3) is 0.857. The molecule has 0 aliphatic carbocycles. The molecule has 0 fully saturated rings. The molecule has 8 heteroatoms. The van der Waals surface area contributed by atoms with Gasteiger partial charge in [-0.2, -0.15) is 0 Å². The lowest BCUT2D eigenvalue weighted by atomic mass is 10.0. The van der Waals surface area contributed by atoms with Crippen LogP contribution in [0.5, 0.6) is 0 Å². The molecule has 43 heavy (non-hydrogen) atoms. The highest BCUT2D eigenvalue weighted by atomic mass is 32.2. The van der Waals surface area contributed by atoms with Crippen molar-refractivity contribution >= 4 is 28.9 Å². The zero-order valence-electron chi connectivity index (χ0n) is 28.8. The van der Waals surface area contributed by atoms with E-state index in [0.717, 1.165) is 75.2 Å². The maximum Gasteiger partial charge on any atom is 0.326 e. The number of carbonyl (C=O) groups is 3. The zero-order valence-corrected chi connectivity index (χ0v) is 29.6. The van der Waals surface area contributed by atoms with Crippen LogP contribution in [0.25, 0.3) is 0 Å². The molecule has 7 nitrogen and oxygen atoms in total. The van der Waals surface area contributed by atoms with Gasteiger partial charge in [-0.1, -0.05) is 116 Å². The van der Waals surface area contributed by atoms with Crippen molar-refractivity contribution in [1.82, 2.24) is 9.80 Å². The summed E-state index contributed by atoms with van der Waals surface area (Å²) in [4.78, 5) is 42.2. The first-order chi connectivity index (χ1) is 20.7. The average Bonchev–Trinajstić information content (AvgIpc) is 2.96. The predicted molar refractivity (Wildman–Crippen MR) is 183 cm³/mol. The molecule has 0 rings (SSSR count). The highest BCUT2D eigenvalue weighted by Gasteiger charge is 2.24. The third-order valence-electron chi connectivity index (χ3n) is 7.48. The van der Waals surface area contributed by atoms with Crippen molar-refractivity contribution in [3.05, 3.63) is 11.6 Å². The number of amides is 1. The first-order valence-corrected chi connectivity index (χ1v) is 18.3. The first-order valence-electron chi connectivity index (χ1n) is 17.3. The second-order valence-corrected chi connectivity index (χ2v) is 13.3. The van der Waals surface area contributed by atoms with E-state index in [-0.39, 0.29) is 31.0 Å². The van der Waals surface area contributed by atoms with Gasteiger partial charge < -0.3 is 19.3 Å². The lowest BCUT2D eigenvalue weighted by molar-refractivity contribution is -0.151. The highest BCUT2D eigenvalue weighted by molar-refractivity contribution is 8.13. The van der Waals surface area contributed by atoms with Crippen molar-refractivity contribution in [2.75, 3.05) is 46.1 Å². The van der Waals surface area contributed by atoms with Crippen molar-refractivity contribution in [2.24, 2.45) is 0 Å². The number of ether oxygens (including phenoxy) is 2. The molecule has 1 atom stereocenters. The van der Waals surface area contributed by atoms with Crippen LogP contribution in [0, 0.1) is 0 Å². The number of hydrogen-bond acceptors (Lipinski definition) is 7. The molecule has 0 aliphatic heterocycles. The van der Waals surface area contributed by atoms with Crippen molar-refractivity contribution in [3.63, 3.8) is 0 Å². The third-order valence-corrected chi connectivity index (χ3v) is 8.37. The molecule has 0 radical (unpaired) electrons. The summed E-state index contributed by atoms with van der Waals surface area (Å²) in [7, 11) is 3.90. The van der Waals surface area contributed by atoms with E-state index in [9.17, 15) is 14.4 Å². The van der Waals surface area contributed by atoms with Crippen LogP contribution in [-0.2, 0) is 19.1 Å². The normalized spacial score (nSPS) is 12.4. The number of hydrogen-bond donors (Lipinski definition) is 0. The quantitative estimate of drug-likeness (QED) is 0.0487. The Bertz CT molecular complexity index is 744. The van der Waals surface area contributed by atoms with Crippen LogP contribution in [0.15, 0.2) is 11.6 Å². The summed E-state index contributed by atoms with van der Waals surface area (Å²) in [6.07, 6.45) is 22.4. The molecule has 0 aromatic rings. The standard InChI is InChI=1S/C35H66N2O5S/c1-7-10-13-16-19-22-25-32(24-21-18-15-12-9-3)42-34(39)29-37(35(40)43-27-26-36(5)6)28-33(38)41-30-31(4)23-20-17-14-11-8-2/h23,32H,7-22,24-30H2,1-6H3/b31-23-. The summed E-state index contributed by atoms with van der Waals surface area (Å²) >= 11 is 1.12. The summed E-state index contributed by atoms with van der Waals surface area (Å²) in [6, 6.07) is 0. The fourth-order valence-electron chi connectivity index (χ4n) is 4.74. The van der Waals surface area contributed by atoms with Crippen molar-refractivity contribution < 1.29 is 23.9 Å². The number of esters is 2. The van der Waals surface area contributed by atoms with Gasteiger partial charge in [0.1, 0.15) is 25.8 Å². The molecule has 1 unspecified atom stereocenters. The van der Waals surface area contributed by atoms with E-state index in [4.69, 9.17) is 9.47 Å². The van der Waals surface area contributed by atoms with Crippen molar-refractivity contribution in [1.29, 1.82) is 0 Å². The lowest BCUT2D eigenvalue weighted by Gasteiger charge is -2.23. The van der Waals surface area contributed by atoms with Gasteiger partial charge in [-0.3, -0.25) is 14.4 Å². The second kappa shape index (κ2) is 29.2. The number of rotatable bonds is 28. The highest BCUT2D eigenvalue weighted by Crippen LogP contribution is 2.18. The number of unbranched alkanes of at least 4 members (excludes halogenated alkanes) is 13. The number of allylic oxidation sites excluding steroid dienone is 1. The van der Waals surface area contributed by atoms with Gasteiger partial charge in [0, 0.05) is 12.3 Å². The number of nitrogens with zero attached hydrogens (tertiary/aromatic N) is 2. The minimum Gasteiger partial charge on any atom is -0.461 e. The fourth-order valence-corrected chi connectivity index (χ4v) is 5.68. The maximum absolute atomic E-state index is 13.1. The molecule has 252 valence electrons. The molecule has 0 saturated heterocycles. The van der Waals surface area contributed by atoms with Crippen molar-refractivity contribution in [2.45, 2.75) is 149 Å². The molecule has 0 aliphatic rings. The van der Waals surface area contributed by atoms with Gasteiger partial charge >= 0.3 is 11.9 Å². The Morgan fingerprint density at radius 1 is 0.721 bits per heavy atom. The van der Waals surface area contributed by atoms with Gasteiger partial charge in [0.25, 0.3) is 5.24 Å². The summed E-state index contributed by atoms with van der Waals surface area (Å²) in [5, 5.41) is -0.300. The molecule has 0 spiro atoms. The monoisotopic (exact) mass is 626 g/mol. The van der Waals surface area contributed by atoms with Gasteiger partial charge in [0.2, 0.25) is 0 Å². The lowest BCUT2D eigenvalue weighted by Crippen LogP contribution is -2.40. The Kier molecular flexibility index (Phi) is 28.1. The minimum absolute atomic E-state index is 0.143. The second-order valence-electron chi connectivity index (χ2n) is 12.2. The SMILES string of the molecule is CCCCCC/C=C(/C)COC(=O)CN(CC(=O)OC(CCCCCCC)CCCCCCCC)C(=O)SCCN(C)C. The molecule has 0 bridgehead atoms. The van der Waals surface area contributed by atoms with Crippen LogP contribution in [0.1, 0.15) is 143 Å². The van der Waals surface area contributed by atoms with Gasteiger partial charge in [-0.05, 0) is 65.1 Å². The molecular weight excluding hydrogens is 560 g/mol. The number of thioether (sulfide) groups is 1. The van der Waals surface area contributed by atoms with Crippen LogP contribution in [0.3, 0.4) is 0 Å². The van der Waals surface area contributed by atoms with E-state index >= 15 is 0 Å². The van der Waals surface area contributed by atoms with E-state index in [1.807, 2.05) is 25.9 Å². The summed E-state index contributed by atoms with van der Waals surface area (Å²) < 4.78 is 11.4. The maximum atomic E-state index is 13.1. The molecule has 0 aromatic heterocycles. The Hall–Kier alpha value is -1.54. The van der Waals surface area contributed by atoms with Gasteiger partial charge in [-0.15, -0.1) is 0 Å². The molecular formula is C35H66N2O5S.